The van der Waals surface area contributed by atoms with Crippen LogP contribution in [0.2, 0.25) is 0 Å². The van der Waals surface area contributed by atoms with Crippen LogP contribution in [-0.4, -0.2) is 33.1 Å². The molecule has 0 aliphatic carbocycles. The van der Waals surface area contributed by atoms with Crippen molar-refractivity contribution in [3.8, 4) is 22.6 Å². The van der Waals surface area contributed by atoms with Gasteiger partial charge in [-0.05, 0) is 72.0 Å². The van der Waals surface area contributed by atoms with Crippen LogP contribution in [0.5, 0.6) is 11.5 Å². The van der Waals surface area contributed by atoms with E-state index in [2.05, 4.69) is 43.6 Å². The van der Waals surface area contributed by atoms with E-state index < -0.39 is 9.84 Å². The Labute approximate surface area is 197 Å². The lowest BCUT2D eigenvalue weighted by Crippen LogP contribution is -2.12. The minimum absolute atomic E-state index is 0.154. The molecule has 0 spiro atoms. The Morgan fingerprint density at radius 1 is 1.24 bits per heavy atom. The third kappa shape index (κ3) is 6.51. The molecule has 33 heavy (non-hydrogen) atoms. The normalized spacial score (nSPS) is 13.2. The number of allylic oxidation sites excluding steroid dienone is 3. The van der Waals surface area contributed by atoms with Crippen molar-refractivity contribution in [1.82, 2.24) is 5.32 Å². The van der Waals surface area contributed by atoms with E-state index in [1.807, 2.05) is 18.2 Å². The quantitative estimate of drug-likeness (QED) is 0.366. The minimum Gasteiger partial charge on any atom is -0.494 e. The summed E-state index contributed by atoms with van der Waals surface area (Å²) in [7, 11) is -2.97. The maximum absolute atomic E-state index is 11.7. The van der Waals surface area contributed by atoms with Gasteiger partial charge in [-0.15, -0.1) is 0 Å². The number of sulfone groups is 1. The van der Waals surface area contributed by atoms with Crippen LogP contribution in [0, 0.1) is 6.92 Å². The van der Waals surface area contributed by atoms with Gasteiger partial charge in [-0.1, -0.05) is 32.2 Å². The molecule has 3 rings (SSSR count). The Morgan fingerprint density at radius 3 is 2.79 bits per heavy atom. The van der Waals surface area contributed by atoms with Gasteiger partial charge in [0.2, 0.25) is 0 Å². The van der Waals surface area contributed by atoms with Crippen LogP contribution in [0.3, 0.4) is 0 Å². The number of benzene rings is 2. The molecule has 2 aromatic rings. The lowest BCUT2D eigenvalue weighted by Gasteiger charge is -2.16. The van der Waals surface area contributed by atoms with Gasteiger partial charge in [0.05, 0.1) is 19.0 Å². The van der Waals surface area contributed by atoms with Gasteiger partial charge in [0.1, 0.15) is 21.3 Å². The van der Waals surface area contributed by atoms with Gasteiger partial charge >= 0.3 is 0 Å². The van der Waals surface area contributed by atoms with Crippen LogP contribution in [0.1, 0.15) is 30.0 Å². The number of hydrogen-bond acceptors (Lipinski definition) is 5. The summed E-state index contributed by atoms with van der Waals surface area (Å²) in [5.41, 5.74) is 6.59. The lowest BCUT2D eigenvalue weighted by molar-refractivity contribution is 0.315. The Balaban J connectivity index is 1.81. The molecule has 0 saturated heterocycles. The SMILES string of the molecule is C=C/C=C(\C=C)NCc1ccc2c(c1)-c1c(C)cc(OCCCS(=O)(=O)CC)cc1CCO2. The summed E-state index contributed by atoms with van der Waals surface area (Å²) in [5, 5.41) is 3.37. The molecule has 0 fully saturated rings. The molecule has 1 aliphatic heterocycles. The number of aryl methyl sites for hydroxylation is 1. The zero-order valence-corrected chi connectivity index (χ0v) is 20.3. The fourth-order valence-electron chi connectivity index (χ4n) is 3.91. The molecule has 5 nitrogen and oxygen atoms in total. The van der Waals surface area contributed by atoms with E-state index >= 15 is 0 Å². The highest BCUT2D eigenvalue weighted by Gasteiger charge is 2.19. The molecule has 176 valence electrons. The fourth-order valence-corrected chi connectivity index (χ4v) is 4.76. The Morgan fingerprint density at radius 2 is 2.06 bits per heavy atom. The summed E-state index contributed by atoms with van der Waals surface area (Å²) < 4.78 is 35.3. The van der Waals surface area contributed by atoms with E-state index in [-0.39, 0.29) is 11.5 Å². The summed E-state index contributed by atoms with van der Waals surface area (Å²) in [4.78, 5) is 0. The van der Waals surface area contributed by atoms with E-state index in [1.54, 1.807) is 19.1 Å². The standard InChI is InChI=1S/C27H33NO4S/c1-5-9-23(6-2)28-19-21-10-11-26-25(17-21)27-20(4)16-24(18-22(27)12-14-32-26)31-13-8-15-33(29,30)7-3/h5-6,9-11,16-18,28H,1-2,7-8,12-15,19H2,3-4H3/b23-9+. The summed E-state index contributed by atoms with van der Waals surface area (Å²) in [6, 6.07) is 10.4. The Kier molecular flexibility index (Phi) is 8.39. The number of fused-ring (bicyclic) bond motifs is 3. The van der Waals surface area contributed by atoms with Crippen LogP contribution in [-0.2, 0) is 22.8 Å². The smallest absolute Gasteiger partial charge is 0.150 e. The van der Waals surface area contributed by atoms with Crippen molar-refractivity contribution >= 4 is 9.84 Å². The molecule has 2 aromatic carbocycles. The first-order chi connectivity index (χ1) is 15.9. The first kappa shape index (κ1) is 24.6. The third-order valence-corrected chi connectivity index (χ3v) is 7.45. The maximum atomic E-state index is 11.7. The molecule has 1 heterocycles. The highest BCUT2D eigenvalue weighted by molar-refractivity contribution is 7.91. The highest BCUT2D eigenvalue weighted by Crippen LogP contribution is 2.40. The van der Waals surface area contributed by atoms with E-state index in [0.717, 1.165) is 40.3 Å². The van der Waals surface area contributed by atoms with Crippen molar-refractivity contribution in [1.29, 1.82) is 0 Å². The number of rotatable bonds is 11. The average molecular weight is 468 g/mol. The molecule has 0 aromatic heterocycles. The van der Waals surface area contributed by atoms with Crippen molar-refractivity contribution in [3.63, 3.8) is 0 Å². The van der Waals surface area contributed by atoms with Gasteiger partial charge in [0.15, 0.2) is 0 Å². The van der Waals surface area contributed by atoms with Crippen LogP contribution >= 0.6 is 0 Å². The molecule has 0 atom stereocenters. The van der Waals surface area contributed by atoms with Crippen LogP contribution < -0.4 is 14.8 Å². The highest BCUT2D eigenvalue weighted by atomic mass is 32.2. The van der Waals surface area contributed by atoms with E-state index in [4.69, 9.17) is 9.47 Å². The molecular weight excluding hydrogens is 434 g/mol. The summed E-state index contributed by atoms with van der Waals surface area (Å²) in [6.45, 7) is 12.9. The lowest BCUT2D eigenvalue weighted by atomic mass is 9.92. The Bertz CT molecular complexity index is 1150. The predicted molar refractivity (Wildman–Crippen MR) is 136 cm³/mol. The van der Waals surface area contributed by atoms with E-state index in [9.17, 15) is 8.42 Å². The van der Waals surface area contributed by atoms with E-state index in [0.29, 0.717) is 26.2 Å². The predicted octanol–water partition coefficient (Wildman–Crippen LogP) is 5.15. The van der Waals surface area contributed by atoms with Gasteiger partial charge < -0.3 is 14.8 Å². The van der Waals surface area contributed by atoms with Crippen molar-refractivity contribution < 1.29 is 17.9 Å². The van der Waals surface area contributed by atoms with E-state index in [1.165, 1.54) is 11.1 Å². The molecular formula is C27H33NO4S. The number of hydrogen-bond donors (Lipinski definition) is 1. The van der Waals surface area contributed by atoms with Crippen molar-refractivity contribution in [3.05, 3.63) is 84.1 Å². The first-order valence-corrected chi connectivity index (χ1v) is 13.1. The molecule has 1 N–H and O–H groups in total. The van der Waals surface area contributed by atoms with Crippen molar-refractivity contribution in [2.75, 3.05) is 24.7 Å². The first-order valence-electron chi connectivity index (χ1n) is 11.3. The van der Waals surface area contributed by atoms with Crippen LogP contribution in [0.15, 0.2) is 67.4 Å². The molecule has 0 saturated carbocycles. The molecule has 1 aliphatic rings. The van der Waals surface area contributed by atoms with Gasteiger partial charge in [-0.2, -0.15) is 0 Å². The second kappa shape index (κ2) is 11.2. The third-order valence-electron chi connectivity index (χ3n) is 5.66. The number of ether oxygens (including phenoxy) is 2. The van der Waals surface area contributed by atoms with Gasteiger partial charge in [-0.3, -0.25) is 0 Å². The molecule has 0 radical (unpaired) electrons. The monoisotopic (exact) mass is 467 g/mol. The summed E-state index contributed by atoms with van der Waals surface area (Å²) >= 11 is 0. The number of nitrogens with one attached hydrogen (secondary N) is 1. The second-order valence-electron chi connectivity index (χ2n) is 8.06. The maximum Gasteiger partial charge on any atom is 0.150 e. The van der Waals surface area contributed by atoms with Gasteiger partial charge in [0, 0.05) is 30.0 Å². The minimum atomic E-state index is -2.97. The summed E-state index contributed by atoms with van der Waals surface area (Å²) in [6.07, 6.45) is 6.66. The zero-order chi connectivity index (χ0) is 23.8. The van der Waals surface area contributed by atoms with Gasteiger partial charge in [-0.25, -0.2) is 8.42 Å². The Hall–Kier alpha value is -2.99. The fraction of sp³-hybridized carbons (Fsp3) is 0.333. The molecule has 0 unspecified atom stereocenters. The van der Waals surface area contributed by atoms with Crippen LogP contribution in [0.25, 0.3) is 11.1 Å². The summed E-state index contributed by atoms with van der Waals surface area (Å²) in [5.74, 6) is 1.97. The van der Waals surface area contributed by atoms with Crippen molar-refractivity contribution in [2.45, 2.75) is 33.2 Å². The largest absolute Gasteiger partial charge is 0.494 e. The topological polar surface area (TPSA) is 64.6 Å². The van der Waals surface area contributed by atoms with Crippen molar-refractivity contribution in [2.24, 2.45) is 0 Å². The average Bonchev–Trinajstić information content (AvgIpc) is 2.98. The van der Waals surface area contributed by atoms with Crippen LogP contribution in [0.4, 0.5) is 0 Å². The molecule has 0 bridgehead atoms. The zero-order valence-electron chi connectivity index (χ0n) is 19.5. The molecule has 6 heteroatoms. The second-order valence-corrected chi connectivity index (χ2v) is 10.5. The van der Waals surface area contributed by atoms with Gasteiger partial charge in [0.25, 0.3) is 0 Å². The molecule has 0 amide bonds.